The molecule has 1 unspecified atom stereocenters. The van der Waals surface area contributed by atoms with Gasteiger partial charge in [-0.25, -0.2) is 0 Å². The van der Waals surface area contributed by atoms with Crippen molar-refractivity contribution in [3.05, 3.63) is 94.5 Å². The van der Waals surface area contributed by atoms with Crippen LogP contribution in [0.4, 0.5) is 0 Å². The predicted octanol–water partition coefficient (Wildman–Crippen LogP) is 12.1. The van der Waals surface area contributed by atoms with Gasteiger partial charge in [-0.05, 0) is 51.0 Å². The van der Waals surface area contributed by atoms with Crippen molar-refractivity contribution in [3.8, 4) is 11.1 Å². The van der Waals surface area contributed by atoms with E-state index in [0.717, 1.165) is 13.0 Å². The summed E-state index contributed by atoms with van der Waals surface area (Å²) in [4.78, 5) is 0. The monoisotopic (exact) mass is 787 g/mol. The van der Waals surface area contributed by atoms with Crippen LogP contribution in [0.5, 0.6) is 0 Å². The topological polar surface area (TPSA) is 14.2 Å². The second-order valence-corrected chi connectivity index (χ2v) is 23.1. The molecule has 0 fully saturated rings. The van der Waals surface area contributed by atoms with Crippen LogP contribution in [0.3, 0.4) is 0 Å². The van der Waals surface area contributed by atoms with Crippen LogP contribution in [-0.2, 0) is 32.6 Å². The van der Waals surface area contributed by atoms with Crippen LogP contribution in [0.2, 0.25) is 12.6 Å². The molecule has 6 aromatic rings. The third-order valence-corrected chi connectivity index (χ3v) is 16.0. The third-order valence-electron chi connectivity index (χ3n) is 11.0. The van der Waals surface area contributed by atoms with Gasteiger partial charge in [-0.15, -0.1) is 33.7 Å². The molecule has 0 spiro atoms. The Labute approximate surface area is 314 Å². The van der Waals surface area contributed by atoms with E-state index >= 15 is 0 Å². The number of fused-ring (bicyclic) bond motifs is 4. The predicted molar refractivity (Wildman–Crippen MR) is 216 cm³/mol. The number of ether oxygens (including phenoxy) is 1. The summed E-state index contributed by atoms with van der Waals surface area (Å²) in [7, 11) is 9.96. The van der Waals surface area contributed by atoms with E-state index in [-0.39, 0.29) is 5.60 Å². The maximum atomic E-state index is 6.02. The molecule has 6 heteroatoms. The van der Waals surface area contributed by atoms with E-state index in [1.807, 2.05) is 0 Å². The zero-order chi connectivity index (χ0) is 35.7. The van der Waals surface area contributed by atoms with Gasteiger partial charge in [0, 0.05) is 43.5 Å². The zero-order valence-corrected chi connectivity index (χ0v) is 36.2. The average Bonchev–Trinajstić information content (AvgIpc) is 3.63. The first kappa shape index (κ1) is 38.3. The maximum absolute atomic E-state index is 6.02. The van der Waals surface area contributed by atoms with Gasteiger partial charge in [-0.3, -0.25) is 0 Å². The molecule has 0 aliphatic rings. The molecule has 49 heavy (non-hydrogen) atoms. The van der Waals surface area contributed by atoms with E-state index in [9.17, 15) is 0 Å². The molecule has 0 saturated heterocycles. The van der Waals surface area contributed by atoms with E-state index in [0.29, 0.717) is 0 Å². The normalized spacial score (nSPS) is 13.1. The van der Waals surface area contributed by atoms with Gasteiger partial charge in [0.2, 0.25) is 0 Å². The molecule has 6 rings (SSSR count). The van der Waals surface area contributed by atoms with Crippen LogP contribution in [0.1, 0.15) is 74.3 Å². The number of aromatic nitrogens is 1. The molecule has 0 N–H and O–H groups in total. The number of rotatable bonds is 10. The van der Waals surface area contributed by atoms with Crippen molar-refractivity contribution in [1.82, 2.24) is 4.57 Å². The molecule has 258 valence electrons. The van der Waals surface area contributed by atoms with Gasteiger partial charge >= 0.3 is 37.9 Å². The number of halogens is 2. The molecule has 1 heterocycles. The van der Waals surface area contributed by atoms with Gasteiger partial charge < -0.3 is 9.30 Å². The van der Waals surface area contributed by atoms with E-state index < -0.39 is 28.9 Å². The number of aryl methyl sites for hydroxylation is 2. The van der Waals surface area contributed by atoms with E-state index in [2.05, 4.69) is 140 Å². The molecule has 0 aliphatic carbocycles. The summed E-state index contributed by atoms with van der Waals surface area (Å²) < 4.78 is 8.34. The fraction of sp³-hybridized carbons (Fsp3) is 0.395. The van der Waals surface area contributed by atoms with Crippen LogP contribution in [0, 0.1) is 34.6 Å². The second-order valence-electron chi connectivity index (χ2n) is 15.2. The third kappa shape index (κ3) is 7.66. The minimum absolute atomic E-state index is 0.0517. The Morgan fingerprint density at radius 2 is 1.37 bits per heavy atom. The Balaban J connectivity index is 0.00000151. The Hall–Kier alpha value is -1.94. The molecule has 0 radical (unpaired) electrons. The van der Waals surface area contributed by atoms with Crippen LogP contribution >= 0.6 is 17.0 Å². The second kappa shape index (κ2) is 15.7. The molecular weight excluding hydrogens is 737 g/mol. The summed E-state index contributed by atoms with van der Waals surface area (Å²) in [6.45, 7) is 21.8. The van der Waals surface area contributed by atoms with Gasteiger partial charge in [0.05, 0.1) is 5.60 Å². The molecule has 0 aliphatic heterocycles. The molecule has 1 atom stereocenters. The Kier molecular flexibility index (Phi) is 12.3. The number of hydrogen-bond donors (Lipinski definition) is 0. The Bertz CT molecular complexity index is 2050. The first-order valence-electron chi connectivity index (χ1n) is 17.8. The molecule has 5 aromatic carbocycles. The summed E-state index contributed by atoms with van der Waals surface area (Å²) >= 11 is -0.826. The Morgan fingerprint density at radius 3 is 2.04 bits per heavy atom. The fourth-order valence-corrected chi connectivity index (χ4v) is 14.0. The van der Waals surface area contributed by atoms with Gasteiger partial charge in [0.15, 0.2) is 0 Å². The quantitative estimate of drug-likeness (QED) is 0.0766. The molecule has 1 aromatic heterocycles. The first-order valence-corrected chi connectivity index (χ1v) is 26.8. The van der Waals surface area contributed by atoms with Gasteiger partial charge in [0.25, 0.3) is 0 Å². The number of para-hydroxylation sites is 1. The van der Waals surface area contributed by atoms with E-state index in [4.69, 9.17) is 21.8 Å². The standard InChI is InChI=1S/C43H53NOSi.2ClH.Zr/c1-28-26-37-34(33-22-23-40-38(27-33)35-18-13-14-21-39(35)44(40)9)19-17-20-36(37)41(28)46(10,42-31(4)29(2)30(3)32(42)5)25-16-12-11-15-24-45-43(6,7)8;;;/h13-14,17-23,26-27H,11-12,15-16,24-25H2,1-10H3;2*1H;/q-2;;;+4/p-2. The van der Waals surface area contributed by atoms with Crippen molar-refractivity contribution < 1.29 is 25.6 Å². The van der Waals surface area contributed by atoms with Gasteiger partial charge in [-0.2, -0.15) is 33.5 Å². The SMILES string of the molecule is Cc1c(C)c(C)[c-]([Si](C)(CCCCCCOC(C)(C)C)[c-]2c(C)cc3c(-c4ccc5c(c4)c4ccccc4n5C)cccc32)c1C.[Cl][Zr+2][Cl]. The number of hydrogen-bond acceptors (Lipinski definition) is 1. The van der Waals surface area contributed by atoms with Crippen molar-refractivity contribution in [2.24, 2.45) is 7.05 Å². The molecule has 2 nitrogen and oxygen atoms in total. The summed E-state index contributed by atoms with van der Waals surface area (Å²) in [6.07, 6.45) is 4.91. The van der Waals surface area contributed by atoms with E-state index in [1.165, 1.54) is 96.8 Å². The molecule has 0 bridgehead atoms. The summed E-state index contributed by atoms with van der Waals surface area (Å²) in [5.74, 6) is 0. The zero-order valence-electron chi connectivity index (χ0n) is 31.2. The first-order chi connectivity index (χ1) is 23.2. The van der Waals surface area contributed by atoms with Crippen LogP contribution in [0.25, 0.3) is 43.7 Å². The van der Waals surface area contributed by atoms with E-state index in [1.54, 1.807) is 10.4 Å². The fourth-order valence-electron chi connectivity index (χ4n) is 8.49. The Morgan fingerprint density at radius 1 is 0.735 bits per heavy atom. The van der Waals surface area contributed by atoms with Crippen molar-refractivity contribution in [2.75, 3.05) is 6.61 Å². The summed E-state index contributed by atoms with van der Waals surface area (Å²) in [6, 6.07) is 26.7. The molecule has 0 amide bonds. The summed E-state index contributed by atoms with van der Waals surface area (Å²) in [5.41, 5.74) is 12.7. The van der Waals surface area contributed by atoms with Crippen molar-refractivity contribution in [3.63, 3.8) is 0 Å². The van der Waals surface area contributed by atoms with Crippen LogP contribution in [-0.4, -0.2) is 24.8 Å². The molecule has 0 saturated carbocycles. The number of benzene rings is 3. The minimum atomic E-state index is -2.09. The van der Waals surface area contributed by atoms with Gasteiger partial charge in [0.1, 0.15) is 0 Å². The number of unbranched alkanes of at least 4 members (excludes halogenated alkanes) is 3. The average molecular weight is 790 g/mol. The number of nitrogens with zero attached hydrogens (tertiary/aromatic N) is 1. The molecular formula is C43H53Cl2NOSiZr. The van der Waals surface area contributed by atoms with Crippen molar-refractivity contribution in [1.29, 1.82) is 0 Å². The van der Waals surface area contributed by atoms with Crippen LogP contribution < -0.4 is 10.4 Å². The van der Waals surface area contributed by atoms with Gasteiger partial charge in [-0.1, -0.05) is 102 Å². The van der Waals surface area contributed by atoms with Crippen molar-refractivity contribution in [2.45, 2.75) is 99.3 Å². The van der Waals surface area contributed by atoms with Crippen molar-refractivity contribution >= 4 is 68.1 Å². The van der Waals surface area contributed by atoms with Crippen LogP contribution in [0.15, 0.2) is 66.7 Å². The summed E-state index contributed by atoms with van der Waals surface area (Å²) in [5, 5.41) is 8.88.